The monoisotopic (exact) mass is 472 g/mol. The third-order valence-corrected chi connectivity index (χ3v) is 7.91. The second-order valence-electron chi connectivity index (χ2n) is 7.50. The molecule has 0 unspecified atom stereocenters. The maximum Gasteiger partial charge on any atom is 0.231 e. The van der Waals surface area contributed by atoms with E-state index < -0.39 is 9.84 Å². The standard InChI is InChI=1S/C21H20N4O5S2/c26-19(22-15-8-9-32(27,28)12-15)11-31-21-24-23-20(25(21)16-4-2-1-3-5-16)14-6-7-17-18(10-14)30-13-29-17/h1-7,10,15H,8-9,11-13H2,(H,22,26)/t15-/m1/s1. The second kappa shape index (κ2) is 8.47. The molecule has 9 nitrogen and oxygen atoms in total. The lowest BCUT2D eigenvalue weighted by Crippen LogP contribution is -2.36. The number of hydrogen-bond acceptors (Lipinski definition) is 8. The fraction of sp³-hybridized carbons (Fsp3) is 0.286. The van der Waals surface area contributed by atoms with Gasteiger partial charge in [-0.3, -0.25) is 9.36 Å². The summed E-state index contributed by atoms with van der Waals surface area (Å²) in [5, 5.41) is 12.0. The number of para-hydroxylation sites is 1. The summed E-state index contributed by atoms with van der Waals surface area (Å²) in [5.74, 6) is 1.92. The zero-order valence-corrected chi connectivity index (χ0v) is 18.6. The first kappa shape index (κ1) is 20.8. The highest BCUT2D eigenvalue weighted by atomic mass is 32.2. The minimum absolute atomic E-state index is 0.00212. The molecule has 0 radical (unpaired) electrons. The first-order valence-corrected chi connectivity index (χ1v) is 12.8. The molecule has 2 aliphatic heterocycles. The zero-order valence-electron chi connectivity index (χ0n) is 16.9. The minimum Gasteiger partial charge on any atom is -0.454 e. The van der Waals surface area contributed by atoms with Crippen LogP contribution in [0.1, 0.15) is 6.42 Å². The van der Waals surface area contributed by atoms with Crippen LogP contribution in [0.25, 0.3) is 17.1 Å². The predicted octanol–water partition coefficient (Wildman–Crippen LogP) is 2.06. The lowest BCUT2D eigenvalue weighted by atomic mass is 10.2. The number of fused-ring (bicyclic) bond motifs is 1. The van der Waals surface area contributed by atoms with Crippen LogP contribution < -0.4 is 14.8 Å². The quantitative estimate of drug-likeness (QED) is 0.543. The Morgan fingerprint density at radius 2 is 1.94 bits per heavy atom. The summed E-state index contributed by atoms with van der Waals surface area (Å²) in [6.07, 6.45) is 0.452. The maximum atomic E-state index is 12.4. The van der Waals surface area contributed by atoms with Crippen LogP contribution in [0.5, 0.6) is 11.5 Å². The Balaban J connectivity index is 1.39. The van der Waals surface area contributed by atoms with Gasteiger partial charge in [0.25, 0.3) is 0 Å². The Labute approximate surface area is 189 Å². The summed E-state index contributed by atoms with van der Waals surface area (Å²) in [6.45, 7) is 0.183. The van der Waals surface area contributed by atoms with E-state index >= 15 is 0 Å². The summed E-state index contributed by atoms with van der Waals surface area (Å²) >= 11 is 1.25. The van der Waals surface area contributed by atoms with Gasteiger partial charge in [0.2, 0.25) is 12.7 Å². The first-order valence-electron chi connectivity index (χ1n) is 10.0. The Hall–Kier alpha value is -3.05. The van der Waals surface area contributed by atoms with Gasteiger partial charge in [-0.15, -0.1) is 10.2 Å². The largest absolute Gasteiger partial charge is 0.454 e. The number of carbonyl (C=O) groups is 1. The minimum atomic E-state index is -3.05. The molecule has 0 bridgehead atoms. The smallest absolute Gasteiger partial charge is 0.231 e. The topological polar surface area (TPSA) is 112 Å². The molecule has 5 rings (SSSR count). The molecule has 1 aromatic heterocycles. The van der Waals surface area contributed by atoms with E-state index in [0.29, 0.717) is 28.9 Å². The number of carbonyl (C=O) groups excluding carboxylic acids is 1. The van der Waals surface area contributed by atoms with Crippen molar-refractivity contribution in [3.63, 3.8) is 0 Å². The number of ether oxygens (including phenoxy) is 2. The lowest BCUT2D eigenvalue weighted by Gasteiger charge is -2.12. The number of nitrogens with zero attached hydrogens (tertiary/aromatic N) is 3. The van der Waals surface area contributed by atoms with Gasteiger partial charge in [0.15, 0.2) is 32.3 Å². The average Bonchev–Trinajstić information content (AvgIpc) is 3.50. The number of aromatic nitrogens is 3. The highest BCUT2D eigenvalue weighted by molar-refractivity contribution is 7.99. The normalized spacial score (nSPS) is 18.6. The summed E-state index contributed by atoms with van der Waals surface area (Å²) < 4.78 is 36.0. The van der Waals surface area contributed by atoms with Crippen molar-refractivity contribution >= 4 is 27.5 Å². The highest BCUT2D eigenvalue weighted by Crippen LogP contribution is 2.37. The molecular weight excluding hydrogens is 452 g/mol. The first-order chi connectivity index (χ1) is 15.5. The summed E-state index contributed by atoms with van der Waals surface area (Å²) in [6, 6.07) is 14.9. The van der Waals surface area contributed by atoms with Crippen LogP contribution in [0.3, 0.4) is 0 Å². The Morgan fingerprint density at radius 3 is 2.72 bits per heavy atom. The second-order valence-corrected chi connectivity index (χ2v) is 10.7. The SMILES string of the molecule is O=C(CSc1nnc(-c2ccc3c(c2)OCO3)n1-c1ccccc1)N[C@@H]1CCS(=O)(=O)C1. The van der Waals surface area contributed by atoms with Crippen molar-refractivity contribution in [2.75, 3.05) is 24.1 Å². The van der Waals surface area contributed by atoms with Crippen LogP contribution in [0.4, 0.5) is 0 Å². The third-order valence-electron chi connectivity index (χ3n) is 5.21. The summed E-state index contributed by atoms with van der Waals surface area (Å²) in [7, 11) is -3.05. The van der Waals surface area contributed by atoms with E-state index in [0.717, 1.165) is 11.3 Å². The number of thioether (sulfide) groups is 1. The van der Waals surface area contributed by atoms with E-state index in [1.807, 2.05) is 53.1 Å². The van der Waals surface area contributed by atoms with E-state index in [2.05, 4.69) is 15.5 Å². The van der Waals surface area contributed by atoms with E-state index in [1.165, 1.54) is 11.8 Å². The average molecular weight is 473 g/mol. The third kappa shape index (κ3) is 4.30. The van der Waals surface area contributed by atoms with Crippen LogP contribution in [-0.2, 0) is 14.6 Å². The number of nitrogens with one attached hydrogen (secondary N) is 1. The van der Waals surface area contributed by atoms with Crippen molar-refractivity contribution in [2.45, 2.75) is 17.6 Å². The van der Waals surface area contributed by atoms with Gasteiger partial charge in [-0.1, -0.05) is 30.0 Å². The lowest BCUT2D eigenvalue weighted by molar-refractivity contribution is -0.119. The van der Waals surface area contributed by atoms with E-state index in [4.69, 9.17) is 9.47 Å². The van der Waals surface area contributed by atoms with Crippen LogP contribution in [0, 0.1) is 0 Å². The van der Waals surface area contributed by atoms with Gasteiger partial charge in [0.1, 0.15) is 0 Å². The van der Waals surface area contributed by atoms with Gasteiger partial charge in [-0.05, 0) is 36.8 Å². The molecule has 166 valence electrons. The van der Waals surface area contributed by atoms with Crippen molar-refractivity contribution in [2.24, 2.45) is 0 Å². The Bertz CT molecular complexity index is 1260. The predicted molar refractivity (Wildman–Crippen MR) is 119 cm³/mol. The fourth-order valence-corrected chi connectivity index (χ4v) is 6.14. The molecule has 1 atom stereocenters. The molecule has 1 saturated heterocycles. The molecule has 0 saturated carbocycles. The molecule has 1 N–H and O–H groups in total. The number of benzene rings is 2. The molecule has 2 aliphatic rings. The molecule has 0 aliphatic carbocycles. The molecule has 32 heavy (non-hydrogen) atoms. The number of sulfone groups is 1. The molecule has 3 aromatic rings. The van der Waals surface area contributed by atoms with Gasteiger partial charge >= 0.3 is 0 Å². The molecule has 3 heterocycles. The summed E-state index contributed by atoms with van der Waals surface area (Å²) in [5.41, 5.74) is 1.66. The van der Waals surface area contributed by atoms with Crippen molar-refractivity contribution < 1.29 is 22.7 Å². The molecule has 11 heteroatoms. The van der Waals surface area contributed by atoms with Crippen LogP contribution in [-0.4, -0.2) is 59.2 Å². The van der Waals surface area contributed by atoms with Gasteiger partial charge < -0.3 is 14.8 Å². The van der Waals surface area contributed by atoms with Crippen LogP contribution >= 0.6 is 11.8 Å². The van der Waals surface area contributed by atoms with Crippen LogP contribution in [0.15, 0.2) is 53.7 Å². The van der Waals surface area contributed by atoms with Crippen molar-refractivity contribution in [3.05, 3.63) is 48.5 Å². The highest BCUT2D eigenvalue weighted by Gasteiger charge is 2.29. The van der Waals surface area contributed by atoms with E-state index in [9.17, 15) is 13.2 Å². The van der Waals surface area contributed by atoms with Gasteiger partial charge in [0.05, 0.1) is 17.3 Å². The van der Waals surface area contributed by atoms with Crippen molar-refractivity contribution in [3.8, 4) is 28.6 Å². The van der Waals surface area contributed by atoms with E-state index in [-0.39, 0.29) is 36.0 Å². The van der Waals surface area contributed by atoms with Gasteiger partial charge in [-0.2, -0.15) is 0 Å². The fourth-order valence-electron chi connectivity index (χ4n) is 3.70. The van der Waals surface area contributed by atoms with Crippen LogP contribution in [0.2, 0.25) is 0 Å². The number of hydrogen-bond donors (Lipinski definition) is 1. The Morgan fingerprint density at radius 1 is 1.12 bits per heavy atom. The van der Waals surface area contributed by atoms with Gasteiger partial charge in [0, 0.05) is 17.3 Å². The summed E-state index contributed by atoms with van der Waals surface area (Å²) in [4.78, 5) is 12.4. The Kier molecular flexibility index (Phi) is 5.51. The maximum absolute atomic E-state index is 12.4. The number of rotatable bonds is 6. The zero-order chi connectivity index (χ0) is 22.1. The van der Waals surface area contributed by atoms with Crippen molar-refractivity contribution in [1.82, 2.24) is 20.1 Å². The van der Waals surface area contributed by atoms with Crippen molar-refractivity contribution in [1.29, 1.82) is 0 Å². The van der Waals surface area contributed by atoms with E-state index in [1.54, 1.807) is 0 Å². The molecule has 2 aromatic carbocycles. The molecule has 0 spiro atoms. The molecule has 1 fully saturated rings. The molecular formula is C21H20N4O5S2. The number of amides is 1. The molecule has 1 amide bonds. The van der Waals surface area contributed by atoms with Gasteiger partial charge in [-0.25, -0.2) is 8.42 Å².